The van der Waals surface area contributed by atoms with E-state index in [-0.39, 0.29) is 17.7 Å². The number of aryl methyl sites for hydroxylation is 2. The SMILES string of the molecule is CC(=O)Nc1ccc(NC(=O)C2CCCN(c3ccc(-n4nc(C)cc4C)nn3)C2)cc1. The van der Waals surface area contributed by atoms with E-state index in [4.69, 9.17) is 0 Å². The Balaban J connectivity index is 1.39. The zero-order valence-electron chi connectivity index (χ0n) is 18.5. The number of carbonyl (C=O) groups excluding carboxylic acids is 2. The lowest BCUT2D eigenvalue weighted by Crippen LogP contribution is -2.41. The minimum Gasteiger partial charge on any atom is -0.354 e. The van der Waals surface area contributed by atoms with Gasteiger partial charge >= 0.3 is 0 Å². The molecule has 1 aliphatic rings. The van der Waals surface area contributed by atoms with Gasteiger partial charge in [-0.05, 0) is 69.2 Å². The molecule has 1 fully saturated rings. The monoisotopic (exact) mass is 433 g/mol. The van der Waals surface area contributed by atoms with Crippen molar-refractivity contribution in [1.29, 1.82) is 0 Å². The van der Waals surface area contributed by atoms with Crippen molar-refractivity contribution in [2.24, 2.45) is 5.92 Å². The molecule has 4 rings (SSSR count). The summed E-state index contributed by atoms with van der Waals surface area (Å²) in [6, 6.07) is 12.9. The Bertz CT molecular complexity index is 1110. The van der Waals surface area contributed by atoms with Gasteiger partial charge in [-0.1, -0.05) is 0 Å². The molecule has 9 nitrogen and oxygen atoms in total. The molecule has 1 unspecified atom stereocenters. The predicted octanol–water partition coefficient (Wildman–Crippen LogP) is 3.09. The van der Waals surface area contributed by atoms with Gasteiger partial charge in [0.2, 0.25) is 11.8 Å². The molecule has 9 heteroatoms. The fourth-order valence-electron chi connectivity index (χ4n) is 3.94. The Labute approximate surface area is 186 Å². The molecule has 3 heterocycles. The van der Waals surface area contributed by atoms with Gasteiger partial charge < -0.3 is 15.5 Å². The Morgan fingerprint density at radius 1 is 0.969 bits per heavy atom. The molecule has 2 N–H and O–H groups in total. The molecular weight excluding hydrogens is 406 g/mol. The van der Waals surface area contributed by atoms with Crippen LogP contribution >= 0.6 is 0 Å². The molecule has 0 spiro atoms. The number of hydrogen-bond donors (Lipinski definition) is 2. The van der Waals surface area contributed by atoms with Gasteiger partial charge in [0.1, 0.15) is 0 Å². The van der Waals surface area contributed by atoms with Gasteiger partial charge in [-0.25, -0.2) is 4.68 Å². The van der Waals surface area contributed by atoms with Gasteiger partial charge in [-0.3, -0.25) is 9.59 Å². The van der Waals surface area contributed by atoms with Gasteiger partial charge in [-0.2, -0.15) is 5.10 Å². The van der Waals surface area contributed by atoms with Crippen molar-refractivity contribution in [3.8, 4) is 5.82 Å². The number of amides is 2. The average Bonchev–Trinajstić information content (AvgIpc) is 3.13. The van der Waals surface area contributed by atoms with Crippen LogP contribution in [-0.2, 0) is 9.59 Å². The van der Waals surface area contributed by atoms with E-state index in [1.54, 1.807) is 28.9 Å². The third-order valence-electron chi connectivity index (χ3n) is 5.45. The standard InChI is InChI=1S/C23H27N7O2/c1-15-13-16(2)30(28-15)22-11-10-21(26-27-22)29-12-4-5-18(14-29)23(32)25-20-8-6-19(7-9-20)24-17(3)31/h6-11,13,18H,4-5,12,14H2,1-3H3,(H,24,31)(H,25,32). The summed E-state index contributed by atoms with van der Waals surface area (Å²) in [7, 11) is 0. The largest absolute Gasteiger partial charge is 0.354 e. The summed E-state index contributed by atoms with van der Waals surface area (Å²) in [6.45, 7) is 6.81. The number of benzene rings is 1. The van der Waals surface area contributed by atoms with Crippen LogP contribution in [0.15, 0.2) is 42.5 Å². The van der Waals surface area contributed by atoms with E-state index in [2.05, 4.69) is 30.8 Å². The van der Waals surface area contributed by atoms with Crippen LogP contribution in [0.2, 0.25) is 0 Å². The summed E-state index contributed by atoms with van der Waals surface area (Å²) in [4.78, 5) is 26.1. The van der Waals surface area contributed by atoms with Crippen LogP contribution in [0.4, 0.5) is 17.2 Å². The first kappa shape index (κ1) is 21.5. The highest BCUT2D eigenvalue weighted by Crippen LogP contribution is 2.23. The number of nitrogens with one attached hydrogen (secondary N) is 2. The maximum absolute atomic E-state index is 12.8. The third kappa shape index (κ3) is 4.93. The van der Waals surface area contributed by atoms with Crippen LogP contribution in [0.1, 0.15) is 31.2 Å². The van der Waals surface area contributed by atoms with Crippen molar-refractivity contribution in [1.82, 2.24) is 20.0 Å². The first-order valence-electron chi connectivity index (χ1n) is 10.7. The van der Waals surface area contributed by atoms with Gasteiger partial charge in [0, 0.05) is 37.1 Å². The molecule has 1 atom stereocenters. The van der Waals surface area contributed by atoms with E-state index in [0.29, 0.717) is 23.7 Å². The lowest BCUT2D eigenvalue weighted by molar-refractivity contribution is -0.120. The topological polar surface area (TPSA) is 105 Å². The number of anilines is 3. The van der Waals surface area contributed by atoms with E-state index < -0.39 is 0 Å². The molecule has 3 aromatic rings. The molecule has 0 saturated carbocycles. The quantitative estimate of drug-likeness (QED) is 0.641. The Kier molecular flexibility index (Phi) is 6.16. The number of piperidine rings is 1. The van der Waals surface area contributed by atoms with E-state index in [1.165, 1.54) is 6.92 Å². The lowest BCUT2D eigenvalue weighted by atomic mass is 9.97. The van der Waals surface area contributed by atoms with E-state index >= 15 is 0 Å². The molecular formula is C23H27N7O2. The average molecular weight is 434 g/mol. The fraction of sp³-hybridized carbons (Fsp3) is 0.348. The number of rotatable bonds is 5. The minimum atomic E-state index is -0.142. The Morgan fingerprint density at radius 2 is 1.62 bits per heavy atom. The van der Waals surface area contributed by atoms with E-state index in [9.17, 15) is 9.59 Å². The van der Waals surface area contributed by atoms with E-state index in [1.807, 2.05) is 32.0 Å². The first-order chi connectivity index (χ1) is 15.4. The summed E-state index contributed by atoms with van der Waals surface area (Å²) in [5, 5.41) is 18.9. The van der Waals surface area contributed by atoms with Crippen LogP contribution < -0.4 is 15.5 Å². The molecule has 32 heavy (non-hydrogen) atoms. The number of carbonyl (C=O) groups is 2. The maximum Gasteiger partial charge on any atom is 0.229 e. The second-order valence-electron chi connectivity index (χ2n) is 8.12. The predicted molar refractivity (Wildman–Crippen MR) is 123 cm³/mol. The fourth-order valence-corrected chi connectivity index (χ4v) is 3.94. The molecule has 1 aromatic carbocycles. The number of hydrogen-bond acceptors (Lipinski definition) is 6. The zero-order chi connectivity index (χ0) is 22.7. The van der Waals surface area contributed by atoms with Crippen LogP contribution in [0.5, 0.6) is 0 Å². The second-order valence-corrected chi connectivity index (χ2v) is 8.12. The highest BCUT2D eigenvalue weighted by molar-refractivity contribution is 5.94. The van der Waals surface area contributed by atoms with Gasteiger partial charge in [-0.15, -0.1) is 10.2 Å². The summed E-state index contributed by atoms with van der Waals surface area (Å²) < 4.78 is 1.77. The molecule has 1 saturated heterocycles. The molecule has 2 aromatic heterocycles. The van der Waals surface area contributed by atoms with Crippen molar-refractivity contribution in [2.75, 3.05) is 28.6 Å². The third-order valence-corrected chi connectivity index (χ3v) is 5.45. The van der Waals surface area contributed by atoms with Crippen LogP contribution in [0, 0.1) is 19.8 Å². The molecule has 2 amide bonds. The van der Waals surface area contributed by atoms with Gasteiger partial charge in [0.15, 0.2) is 11.6 Å². The maximum atomic E-state index is 12.8. The molecule has 0 bridgehead atoms. The number of aromatic nitrogens is 4. The Morgan fingerprint density at radius 3 is 2.22 bits per heavy atom. The second kappa shape index (κ2) is 9.17. The Hall–Kier alpha value is -3.75. The van der Waals surface area contributed by atoms with Crippen LogP contribution in [0.25, 0.3) is 5.82 Å². The summed E-state index contributed by atoms with van der Waals surface area (Å²) in [6.07, 6.45) is 1.73. The molecule has 0 radical (unpaired) electrons. The minimum absolute atomic E-state index is 0.0193. The molecule has 166 valence electrons. The normalized spacial score (nSPS) is 16.0. The van der Waals surface area contributed by atoms with Gasteiger partial charge in [0.25, 0.3) is 0 Å². The van der Waals surface area contributed by atoms with E-state index in [0.717, 1.165) is 36.6 Å². The summed E-state index contributed by atoms with van der Waals surface area (Å²) in [5.74, 6) is 1.14. The zero-order valence-corrected chi connectivity index (χ0v) is 18.5. The van der Waals surface area contributed by atoms with Crippen molar-refractivity contribution < 1.29 is 9.59 Å². The highest BCUT2D eigenvalue weighted by Gasteiger charge is 2.27. The summed E-state index contributed by atoms with van der Waals surface area (Å²) >= 11 is 0. The van der Waals surface area contributed by atoms with Crippen molar-refractivity contribution in [2.45, 2.75) is 33.6 Å². The highest BCUT2D eigenvalue weighted by atomic mass is 16.2. The van der Waals surface area contributed by atoms with Crippen molar-refractivity contribution in [3.05, 3.63) is 53.9 Å². The van der Waals surface area contributed by atoms with Gasteiger partial charge in [0.05, 0.1) is 11.6 Å². The summed E-state index contributed by atoms with van der Waals surface area (Å²) in [5.41, 5.74) is 3.34. The smallest absolute Gasteiger partial charge is 0.229 e. The van der Waals surface area contributed by atoms with Crippen molar-refractivity contribution >= 4 is 29.0 Å². The lowest BCUT2D eigenvalue weighted by Gasteiger charge is -2.32. The molecule has 1 aliphatic heterocycles. The number of nitrogens with zero attached hydrogens (tertiary/aromatic N) is 5. The molecule has 0 aliphatic carbocycles. The first-order valence-corrected chi connectivity index (χ1v) is 10.7. The van der Waals surface area contributed by atoms with Crippen LogP contribution in [-0.4, -0.2) is 44.9 Å². The van der Waals surface area contributed by atoms with Crippen molar-refractivity contribution in [3.63, 3.8) is 0 Å². The van der Waals surface area contributed by atoms with Crippen LogP contribution in [0.3, 0.4) is 0 Å².